The Balaban J connectivity index is 1.13. The molecule has 1 spiro atoms. The Labute approximate surface area is 165 Å². The number of anilines is 1. The number of hydrogen-bond acceptors (Lipinski definition) is 5. The summed E-state index contributed by atoms with van der Waals surface area (Å²) in [4.78, 5) is 22.6. The third-order valence-electron chi connectivity index (χ3n) is 7.65. The molecular weight excluding hydrogens is 360 g/mol. The summed E-state index contributed by atoms with van der Waals surface area (Å²) in [6, 6.07) is 1.38. The van der Waals surface area contributed by atoms with Crippen LogP contribution in [-0.2, 0) is 0 Å². The molecule has 7 heteroatoms. The first kappa shape index (κ1) is 17.7. The van der Waals surface area contributed by atoms with Crippen LogP contribution < -0.4 is 4.90 Å². The second-order valence-corrected chi connectivity index (χ2v) is 9.98. The van der Waals surface area contributed by atoms with Crippen LogP contribution in [0, 0.1) is 11.3 Å². The van der Waals surface area contributed by atoms with Crippen LogP contribution in [0.4, 0.5) is 9.93 Å². The molecule has 6 nitrogen and oxygen atoms in total. The van der Waals surface area contributed by atoms with Crippen LogP contribution in [0.2, 0.25) is 0 Å². The van der Waals surface area contributed by atoms with Crippen molar-refractivity contribution >= 4 is 22.6 Å². The van der Waals surface area contributed by atoms with Gasteiger partial charge in [0.1, 0.15) is 0 Å². The second kappa shape index (κ2) is 6.92. The van der Waals surface area contributed by atoms with E-state index in [1.807, 2.05) is 6.20 Å². The van der Waals surface area contributed by atoms with Crippen molar-refractivity contribution in [1.82, 2.24) is 14.8 Å². The maximum absolute atomic E-state index is 11.2. The number of likely N-dealkylation sites (tertiary alicyclic amines) is 2. The highest BCUT2D eigenvalue weighted by Crippen LogP contribution is 2.50. The number of nitrogens with zero attached hydrogens (tertiary/aromatic N) is 4. The maximum Gasteiger partial charge on any atom is 0.407 e. The Morgan fingerprint density at radius 1 is 1.19 bits per heavy atom. The molecule has 148 valence electrons. The van der Waals surface area contributed by atoms with Gasteiger partial charge in [0, 0.05) is 43.3 Å². The topological polar surface area (TPSA) is 59.9 Å². The van der Waals surface area contributed by atoms with Gasteiger partial charge in [-0.3, -0.25) is 0 Å². The summed E-state index contributed by atoms with van der Waals surface area (Å²) in [6.07, 6.45) is 9.89. The van der Waals surface area contributed by atoms with Gasteiger partial charge in [-0.2, -0.15) is 0 Å². The largest absolute Gasteiger partial charge is 0.465 e. The van der Waals surface area contributed by atoms with E-state index in [0.717, 1.165) is 25.4 Å². The molecule has 1 N–H and O–H groups in total. The number of aromatic nitrogens is 1. The molecule has 0 unspecified atom stereocenters. The van der Waals surface area contributed by atoms with Crippen LogP contribution in [0.1, 0.15) is 44.9 Å². The van der Waals surface area contributed by atoms with Gasteiger partial charge in [0.05, 0.1) is 0 Å². The van der Waals surface area contributed by atoms with E-state index in [0.29, 0.717) is 17.5 Å². The third kappa shape index (κ3) is 3.23. The van der Waals surface area contributed by atoms with Gasteiger partial charge in [-0.25, -0.2) is 9.78 Å². The SMILES string of the molecule is O=C(O)N1CCC2(CC(N3CCC([C@@H]4CCCN4c4nccs4)CC3)C2)C1. The lowest BCUT2D eigenvalue weighted by atomic mass is 9.64. The summed E-state index contributed by atoms with van der Waals surface area (Å²) in [5.74, 6) is 0.802. The van der Waals surface area contributed by atoms with Crippen molar-refractivity contribution in [2.75, 3.05) is 37.6 Å². The molecule has 4 heterocycles. The summed E-state index contributed by atoms with van der Waals surface area (Å²) in [7, 11) is 0. The van der Waals surface area contributed by atoms with Crippen molar-refractivity contribution in [3.8, 4) is 0 Å². The van der Waals surface area contributed by atoms with Crippen molar-refractivity contribution < 1.29 is 9.90 Å². The third-order valence-corrected chi connectivity index (χ3v) is 8.45. The number of carbonyl (C=O) groups is 1. The summed E-state index contributed by atoms with van der Waals surface area (Å²) >= 11 is 1.78. The Morgan fingerprint density at radius 2 is 2.00 bits per heavy atom. The van der Waals surface area contributed by atoms with Crippen molar-refractivity contribution in [3.63, 3.8) is 0 Å². The zero-order valence-electron chi connectivity index (χ0n) is 15.9. The lowest BCUT2D eigenvalue weighted by molar-refractivity contribution is -0.0102. The number of carboxylic acid groups (broad SMARTS) is 1. The number of hydrogen-bond donors (Lipinski definition) is 1. The molecule has 1 aromatic rings. The summed E-state index contributed by atoms with van der Waals surface area (Å²) in [6.45, 7) is 5.11. The van der Waals surface area contributed by atoms with E-state index in [-0.39, 0.29) is 0 Å². The summed E-state index contributed by atoms with van der Waals surface area (Å²) < 4.78 is 0. The first-order chi connectivity index (χ1) is 13.1. The standard InChI is InChI=1S/C20H30N4O2S/c25-19(26)23-10-5-20(14-23)12-16(13-20)22-8-3-15(4-9-22)17-2-1-7-24(17)18-21-6-11-27-18/h6,11,15-17H,1-5,7-10,12-14H2,(H,25,26)/t16?,17-,20?/m0/s1. The highest BCUT2D eigenvalue weighted by Gasteiger charge is 2.51. The van der Waals surface area contributed by atoms with Crippen LogP contribution in [0.25, 0.3) is 0 Å². The molecule has 1 aliphatic carbocycles. The van der Waals surface area contributed by atoms with Crippen molar-refractivity contribution in [3.05, 3.63) is 11.6 Å². The predicted octanol–water partition coefficient (Wildman–Crippen LogP) is 3.36. The molecule has 4 aliphatic rings. The maximum atomic E-state index is 11.2. The zero-order chi connectivity index (χ0) is 18.4. The Bertz CT molecular complexity index is 668. The molecule has 3 aliphatic heterocycles. The van der Waals surface area contributed by atoms with Gasteiger partial charge in [0.25, 0.3) is 0 Å². The van der Waals surface area contributed by atoms with Gasteiger partial charge in [-0.05, 0) is 69.4 Å². The highest BCUT2D eigenvalue weighted by atomic mass is 32.1. The van der Waals surface area contributed by atoms with Crippen LogP contribution >= 0.6 is 11.3 Å². The van der Waals surface area contributed by atoms with Crippen molar-refractivity contribution in [1.29, 1.82) is 0 Å². The molecule has 5 rings (SSSR count). The predicted molar refractivity (Wildman–Crippen MR) is 106 cm³/mol. The van der Waals surface area contributed by atoms with E-state index in [1.165, 1.54) is 63.3 Å². The smallest absolute Gasteiger partial charge is 0.407 e. The Morgan fingerprint density at radius 3 is 2.67 bits per heavy atom. The van der Waals surface area contributed by atoms with Crippen LogP contribution in [0.15, 0.2) is 11.6 Å². The second-order valence-electron chi connectivity index (χ2n) is 9.11. The lowest BCUT2D eigenvalue weighted by Crippen LogP contribution is -2.55. The first-order valence-corrected chi connectivity index (χ1v) is 11.4. The minimum absolute atomic E-state index is 0.299. The molecule has 4 fully saturated rings. The molecule has 0 radical (unpaired) electrons. The monoisotopic (exact) mass is 390 g/mol. The number of rotatable bonds is 3. The minimum atomic E-state index is -0.738. The minimum Gasteiger partial charge on any atom is -0.465 e. The number of thiazole rings is 1. The number of amides is 1. The Hall–Kier alpha value is -1.34. The van der Waals surface area contributed by atoms with Crippen molar-refractivity contribution in [2.45, 2.75) is 57.0 Å². The van der Waals surface area contributed by atoms with Gasteiger partial charge in [0.15, 0.2) is 5.13 Å². The van der Waals surface area contributed by atoms with Gasteiger partial charge in [0.2, 0.25) is 0 Å². The highest BCUT2D eigenvalue weighted by molar-refractivity contribution is 7.13. The fraction of sp³-hybridized carbons (Fsp3) is 0.800. The molecule has 27 heavy (non-hydrogen) atoms. The molecule has 0 aromatic carbocycles. The average Bonchev–Trinajstić information content (AvgIpc) is 3.39. The molecule has 1 saturated carbocycles. The first-order valence-electron chi connectivity index (χ1n) is 10.5. The number of piperidine rings is 1. The van der Waals surface area contributed by atoms with E-state index >= 15 is 0 Å². The van der Waals surface area contributed by atoms with Crippen LogP contribution in [-0.4, -0.2) is 70.8 Å². The molecule has 1 atom stereocenters. The summed E-state index contributed by atoms with van der Waals surface area (Å²) in [5.41, 5.74) is 0.299. The van der Waals surface area contributed by atoms with Gasteiger partial charge < -0.3 is 19.8 Å². The van der Waals surface area contributed by atoms with E-state index < -0.39 is 6.09 Å². The van der Waals surface area contributed by atoms with Gasteiger partial charge in [-0.15, -0.1) is 11.3 Å². The molecular formula is C20H30N4O2S. The van der Waals surface area contributed by atoms with Gasteiger partial charge >= 0.3 is 6.09 Å². The summed E-state index contributed by atoms with van der Waals surface area (Å²) in [5, 5.41) is 12.5. The molecule has 0 bridgehead atoms. The lowest BCUT2D eigenvalue weighted by Gasteiger charge is -2.52. The zero-order valence-corrected chi connectivity index (χ0v) is 16.7. The van der Waals surface area contributed by atoms with E-state index in [4.69, 9.17) is 0 Å². The van der Waals surface area contributed by atoms with E-state index in [1.54, 1.807) is 16.2 Å². The molecule has 1 aromatic heterocycles. The Kier molecular flexibility index (Phi) is 4.55. The molecule has 3 saturated heterocycles. The van der Waals surface area contributed by atoms with Crippen LogP contribution in [0.5, 0.6) is 0 Å². The van der Waals surface area contributed by atoms with E-state index in [9.17, 15) is 9.90 Å². The van der Waals surface area contributed by atoms with Crippen LogP contribution in [0.3, 0.4) is 0 Å². The van der Waals surface area contributed by atoms with Crippen molar-refractivity contribution in [2.24, 2.45) is 11.3 Å². The quantitative estimate of drug-likeness (QED) is 0.858. The molecule has 1 amide bonds. The van der Waals surface area contributed by atoms with Gasteiger partial charge in [-0.1, -0.05) is 0 Å². The fourth-order valence-corrected chi connectivity index (χ4v) is 6.90. The fourth-order valence-electron chi connectivity index (χ4n) is 6.18. The average molecular weight is 391 g/mol. The van der Waals surface area contributed by atoms with E-state index in [2.05, 4.69) is 20.2 Å². The normalized spacial score (nSPS) is 35.1.